The highest BCUT2D eigenvalue weighted by Gasteiger charge is 2.32. The molecule has 8 nitrogen and oxygen atoms in total. The molecule has 1 aromatic rings. The van der Waals surface area contributed by atoms with E-state index in [2.05, 4.69) is 0 Å². The highest BCUT2D eigenvalue weighted by molar-refractivity contribution is 7.99. The summed E-state index contributed by atoms with van der Waals surface area (Å²) < 4.78 is 15.3. The molecule has 0 unspecified atom stereocenters. The number of methoxy groups -OCH3 is 1. The maximum absolute atomic E-state index is 12.5. The lowest BCUT2D eigenvalue weighted by molar-refractivity contribution is -0.170. The van der Waals surface area contributed by atoms with Crippen molar-refractivity contribution in [1.29, 1.82) is 0 Å². The Labute approximate surface area is 175 Å². The Bertz CT molecular complexity index is 705. The maximum Gasteiger partial charge on any atom is 0.534 e. The molecule has 0 aliphatic carbocycles. The number of thioether (sulfide) groups is 1. The van der Waals surface area contributed by atoms with Crippen LogP contribution in [-0.2, 0) is 19.1 Å². The number of nitrogens with zero attached hydrogens (tertiary/aromatic N) is 1. The predicted molar refractivity (Wildman–Crippen MR) is 109 cm³/mol. The SMILES string of the molecule is COc1ccc(SCCC(=O)N(OC(=O)OC(C)(C)C)C(=O)OC(C)(C)C)cc1. The highest BCUT2D eigenvalue weighted by Crippen LogP contribution is 2.22. The van der Waals surface area contributed by atoms with E-state index < -0.39 is 29.4 Å². The molecule has 2 amide bonds. The van der Waals surface area contributed by atoms with Crippen LogP contribution in [0.2, 0.25) is 0 Å². The van der Waals surface area contributed by atoms with E-state index in [9.17, 15) is 14.4 Å². The van der Waals surface area contributed by atoms with Crippen LogP contribution in [0.1, 0.15) is 48.0 Å². The van der Waals surface area contributed by atoms with Crippen LogP contribution in [0.5, 0.6) is 5.75 Å². The number of benzene rings is 1. The predicted octanol–water partition coefficient (Wildman–Crippen LogP) is 4.81. The summed E-state index contributed by atoms with van der Waals surface area (Å²) in [5, 5.41) is 0.313. The molecule has 162 valence electrons. The molecule has 0 aliphatic heterocycles. The molecule has 1 aromatic carbocycles. The van der Waals surface area contributed by atoms with Gasteiger partial charge in [0.05, 0.1) is 7.11 Å². The summed E-state index contributed by atoms with van der Waals surface area (Å²) >= 11 is 1.41. The number of carbonyl (C=O) groups excluding carboxylic acids is 3. The summed E-state index contributed by atoms with van der Waals surface area (Å²) in [6.45, 7) is 9.83. The van der Waals surface area contributed by atoms with Gasteiger partial charge in [0, 0.05) is 17.1 Å². The van der Waals surface area contributed by atoms with E-state index >= 15 is 0 Å². The fourth-order valence-electron chi connectivity index (χ4n) is 1.87. The second-order valence-electron chi connectivity index (χ2n) is 8.00. The van der Waals surface area contributed by atoms with Gasteiger partial charge in [0.2, 0.25) is 0 Å². The monoisotopic (exact) mass is 427 g/mol. The summed E-state index contributed by atoms with van der Waals surface area (Å²) in [4.78, 5) is 42.6. The molecule has 0 bridgehead atoms. The third kappa shape index (κ3) is 10.1. The number of carbonyl (C=O) groups is 3. The van der Waals surface area contributed by atoms with Crippen LogP contribution in [0.15, 0.2) is 29.2 Å². The van der Waals surface area contributed by atoms with E-state index in [4.69, 9.17) is 19.0 Å². The van der Waals surface area contributed by atoms with Crippen molar-refractivity contribution in [2.45, 2.75) is 64.1 Å². The van der Waals surface area contributed by atoms with Crippen molar-refractivity contribution >= 4 is 29.9 Å². The minimum atomic E-state index is -1.17. The Hall–Kier alpha value is -2.42. The lowest BCUT2D eigenvalue weighted by Crippen LogP contribution is -2.43. The first-order valence-corrected chi connectivity index (χ1v) is 10.0. The minimum Gasteiger partial charge on any atom is -0.497 e. The summed E-state index contributed by atoms with van der Waals surface area (Å²) in [5.74, 6) is 0.376. The zero-order valence-corrected chi connectivity index (χ0v) is 18.8. The largest absolute Gasteiger partial charge is 0.534 e. The minimum absolute atomic E-state index is 0.0568. The van der Waals surface area contributed by atoms with Gasteiger partial charge in [-0.25, -0.2) is 9.59 Å². The van der Waals surface area contributed by atoms with Crippen molar-refractivity contribution in [3.63, 3.8) is 0 Å². The normalized spacial score (nSPS) is 11.4. The second kappa shape index (κ2) is 10.4. The average molecular weight is 428 g/mol. The molecule has 0 heterocycles. The zero-order valence-electron chi connectivity index (χ0n) is 17.9. The van der Waals surface area contributed by atoms with Crippen molar-refractivity contribution in [3.05, 3.63) is 24.3 Å². The van der Waals surface area contributed by atoms with E-state index in [-0.39, 0.29) is 6.42 Å². The van der Waals surface area contributed by atoms with Crippen LogP contribution in [0.4, 0.5) is 9.59 Å². The van der Waals surface area contributed by atoms with E-state index in [1.54, 1.807) is 48.7 Å². The molecule has 29 heavy (non-hydrogen) atoms. The molecule has 0 spiro atoms. The van der Waals surface area contributed by atoms with Crippen molar-refractivity contribution in [1.82, 2.24) is 5.06 Å². The van der Waals surface area contributed by atoms with Crippen molar-refractivity contribution in [2.75, 3.05) is 12.9 Å². The van der Waals surface area contributed by atoms with Crippen molar-refractivity contribution < 1.29 is 33.4 Å². The zero-order chi connectivity index (χ0) is 22.2. The van der Waals surface area contributed by atoms with Crippen LogP contribution in [0.3, 0.4) is 0 Å². The van der Waals surface area contributed by atoms with Gasteiger partial charge in [0.15, 0.2) is 0 Å². The number of hydrogen-bond donors (Lipinski definition) is 0. The van der Waals surface area contributed by atoms with E-state index in [0.29, 0.717) is 10.8 Å². The lowest BCUT2D eigenvalue weighted by atomic mass is 10.2. The summed E-state index contributed by atoms with van der Waals surface area (Å²) in [7, 11) is 1.58. The van der Waals surface area contributed by atoms with Gasteiger partial charge in [-0.05, 0) is 65.8 Å². The number of rotatable bonds is 5. The number of imide groups is 1. The van der Waals surface area contributed by atoms with Gasteiger partial charge in [-0.3, -0.25) is 9.63 Å². The lowest BCUT2D eigenvalue weighted by Gasteiger charge is -2.26. The van der Waals surface area contributed by atoms with E-state index in [1.165, 1.54) is 11.8 Å². The summed E-state index contributed by atoms with van der Waals surface area (Å²) in [5.41, 5.74) is -1.71. The third-order valence-corrected chi connectivity index (χ3v) is 4.00. The average Bonchev–Trinajstić information content (AvgIpc) is 2.57. The van der Waals surface area contributed by atoms with E-state index in [1.807, 2.05) is 24.3 Å². The molecule has 0 N–H and O–H groups in total. The molecule has 0 atom stereocenters. The molecule has 0 saturated carbocycles. The van der Waals surface area contributed by atoms with Gasteiger partial charge in [-0.1, -0.05) is 5.06 Å². The standard InChI is InChI=1S/C20H29NO7S/c1-19(2,3)26-17(23)21(28-18(24)27-20(4,5)6)16(22)12-13-29-15-10-8-14(25-7)9-11-15/h8-11H,12-13H2,1-7H3. The molecular formula is C20H29NO7S. The van der Waals surface area contributed by atoms with Crippen molar-refractivity contribution in [3.8, 4) is 5.75 Å². The number of hydrogen-bond acceptors (Lipinski definition) is 8. The number of amides is 2. The topological polar surface area (TPSA) is 91.4 Å². The first kappa shape index (κ1) is 24.6. The molecule has 0 aromatic heterocycles. The quantitative estimate of drug-likeness (QED) is 0.376. The second-order valence-corrected chi connectivity index (χ2v) is 9.17. The van der Waals surface area contributed by atoms with Gasteiger partial charge in [0.25, 0.3) is 5.91 Å². The van der Waals surface area contributed by atoms with Gasteiger partial charge in [-0.2, -0.15) is 0 Å². The number of ether oxygens (including phenoxy) is 3. The Morgan fingerprint density at radius 1 is 0.931 bits per heavy atom. The van der Waals surface area contributed by atoms with Gasteiger partial charge in [-0.15, -0.1) is 11.8 Å². The fourth-order valence-corrected chi connectivity index (χ4v) is 2.71. The molecule has 0 fully saturated rings. The van der Waals surface area contributed by atoms with Gasteiger partial charge < -0.3 is 14.2 Å². The molecular weight excluding hydrogens is 398 g/mol. The van der Waals surface area contributed by atoms with Crippen molar-refractivity contribution in [2.24, 2.45) is 0 Å². The van der Waals surface area contributed by atoms with Crippen LogP contribution in [-0.4, -0.2) is 47.3 Å². The highest BCUT2D eigenvalue weighted by atomic mass is 32.2. The van der Waals surface area contributed by atoms with Gasteiger partial charge >= 0.3 is 12.2 Å². The van der Waals surface area contributed by atoms with Crippen LogP contribution in [0.25, 0.3) is 0 Å². The molecule has 9 heteroatoms. The summed E-state index contributed by atoms with van der Waals surface area (Å²) in [6, 6.07) is 7.33. The number of hydroxylamine groups is 2. The molecule has 1 rings (SSSR count). The van der Waals surface area contributed by atoms with Gasteiger partial charge in [0.1, 0.15) is 17.0 Å². The Kier molecular flexibility index (Phi) is 8.81. The summed E-state index contributed by atoms with van der Waals surface area (Å²) in [6.07, 6.45) is -2.30. The Morgan fingerprint density at radius 3 is 1.97 bits per heavy atom. The molecule has 0 saturated heterocycles. The molecule has 0 aliphatic rings. The third-order valence-electron chi connectivity index (χ3n) is 2.99. The smallest absolute Gasteiger partial charge is 0.497 e. The van der Waals surface area contributed by atoms with E-state index in [0.717, 1.165) is 10.6 Å². The maximum atomic E-state index is 12.5. The van der Waals surface area contributed by atoms with Crippen LogP contribution < -0.4 is 4.74 Å². The Morgan fingerprint density at radius 2 is 1.48 bits per heavy atom. The first-order chi connectivity index (χ1) is 13.3. The fraction of sp³-hybridized carbons (Fsp3) is 0.550. The first-order valence-electron chi connectivity index (χ1n) is 9.04. The molecule has 0 radical (unpaired) electrons. The van der Waals surface area contributed by atoms with Crippen LogP contribution >= 0.6 is 11.8 Å². The van der Waals surface area contributed by atoms with Crippen LogP contribution in [0, 0.1) is 0 Å². The Balaban J connectivity index is 2.74.